The van der Waals surface area contributed by atoms with E-state index in [2.05, 4.69) is 45.9 Å². The molecule has 3 rings (SSSR count). The summed E-state index contributed by atoms with van der Waals surface area (Å²) < 4.78 is 5.36. The van der Waals surface area contributed by atoms with E-state index in [4.69, 9.17) is 4.74 Å². The molecule has 1 N–H and O–H groups in total. The normalized spacial score (nSPS) is 37.4. The highest BCUT2D eigenvalue weighted by atomic mass is 32.2. The van der Waals surface area contributed by atoms with Gasteiger partial charge in [0.1, 0.15) is 5.75 Å². The molecule has 2 aliphatic rings. The van der Waals surface area contributed by atoms with E-state index in [-0.39, 0.29) is 5.41 Å². The van der Waals surface area contributed by atoms with Crippen LogP contribution in [0.2, 0.25) is 0 Å². The summed E-state index contributed by atoms with van der Waals surface area (Å²) in [6.07, 6.45) is 5.96. The molecule has 1 unspecified atom stereocenters. The molecular weight excluding hydrogens is 328 g/mol. The van der Waals surface area contributed by atoms with Gasteiger partial charge < -0.3 is 9.84 Å². The smallest absolute Gasteiger partial charge is 0.119 e. The van der Waals surface area contributed by atoms with Crippen LogP contribution >= 0.6 is 11.8 Å². The van der Waals surface area contributed by atoms with Crippen LogP contribution in [-0.4, -0.2) is 23.6 Å². The number of thioether (sulfide) groups is 1. The van der Waals surface area contributed by atoms with Crippen molar-refractivity contribution < 1.29 is 9.84 Å². The monoisotopic (exact) mass is 362 g/mol. The zero-order valence-electron chi connectivity index (χ0n) is 16.5. The number of benzene rings is 1. The number of hydrogen-bond acceptors (Lipinski definition) is 3. The Labute approximate surface area is 157 Å². The molecule has 0 bridgehead atoms. The number of ether oxygens (including phenoxy) is 1. The molecule has 0 spiro atoms. The van der Waals surface area contributed by atoms with E-state index < -0.39 is 5.60 Å². The predicted octanol–water partition coefficient (Wildman–Crippen LogP) is 5.78. The van der Waals surface area contributed by atoms with Gasteiger partial charge in [-0.15, -0.1) is 11.8 Å². The fraction of sp³-hybridized carbons (Fsp3) is 0.727. The first-order valence-electron chi connectivity index (χ1n) is 9.68. The van der Waals surface area contributed by atoms with Crippen LogP contribution < -0.4 is 4.74 Å². The average molecular weight is 363 g/mol. The second-order valence-electron chi connectivity index (χ2n) is 9.34. The summed E-state index contributed by atoms with van der Waals surface area (Å²) in [5.74, 6) is 2.92. The molecule has 2 nitrogen and oxygen atoms in total. The molecule has 0 aromatic heterocycles. The minimum absolute atomic E-state index is 0.232. The molecule has 25 heavy (non-hydrogen) atoms. The molecule has 0 amide bonds. The quantitative estimate of drug-likeness (QED) is 0.688. The molecule has 0 saturated heterocycles. The maximum absolute atomic E-state index is 11.2. The molecule has 2 fully saturated rings. The van der Waals surface area contributed by atoms with Crippen molar-refractivity contribution in [1.82, 2.24) is 0 Å². The van der Waals surface area contributed by atoms with E-state index in [1.54, 1.807) is 7.11 Å². The van der Waals surface area contributed by atoms with E-state index in [0.29, 0.717) is 17.3 Å². The highest BCUT2D eigenvalue weighted by Crippen LogP contribution is 2.62. The lowest BCUT2D eigenvalue weighted by Crippen LogP contribution is -2.58. The van der Waals surface area contributed by atoms with Crippen molar-refractivity contribution in [1.29, 1.82) is 0 Å². The van der Waals surface area contributed by atoms with Crippen LogP contribution in [-0.2, 0) is 0 Å². The number of aliphatic hydroxyl groups is 1. The fourth-order valence-corrected chi connectivity index (χ4v) is 7.34. The van der Waals surface area contributed by atoms with Crippen molar-refractivity contribution in [3.63, 3.8) is 0 Å². The van der Waals surface area contributed by atoms with Gasteiger partial charge in [0.15, 0.2) is 0 Å². The number of methoxy groups -OCH3 is 1. The van der Waals surface area contributed by atoms with E-state index in [1.165, 1.54) is 24.2 Å². The predicted molar refractivity (Wildman–Crippen MR) is 106 cm³/mol. The zero-order chi connectivity index (χ0) is 18.3. The first-order valence-corrected chi connectivity index (χ1v) is 10.7. The van der Waals surface area contributed by atoms with Crippen LogP contribution in [0.25, 0.3) is 0 Å². The van der Waals surface area contributed by atoms with Crippen molar-refractivity contribution in [3.05, 3.63) is 24.3 Å². The Morgan fingerprint density at radius 2 is 1.92 bits per heavy atom. The van der Waals surface area contributed by atoms with Crippen molar-refractivity contribution in [2.45, 2.75) is 70.3 Å². The molecule has 2 saturated carbocycles. The summed E-state index contributed by atoms with van der Waals surface area (Å²) in [5.41, 5.74) is 0.0578. The summed E-state index contributed by atoms with van der Waals surface area (Å²) in [4.78, 5) is 1.23. The van der Waals surface area contributed by atoms with Crippen LogP contribution in [0.5, 0.6) is 5.75 Å². The van der Waals surface area contributed by atoms with Gasteiger partial charge in [-0.2, -0.15) is 0 Å². The van der Waals surface area contributed by atoms with Crippen LogP contribution in [0.4, 0.5) is 0 Å². The van der Waals surface area contributed by atoms with Crippen LogP contribution in [0, 0.1) is 22.7 Å². The Balaban J connectivity index is 1.83. The Kier molecular flexibility index (Phi) is 5.20. The zero-order valence-corrected chi connectivity index (χ0v) is 17.3. The molecule has 4 atom stereocenters. The maximum atomic E-state index is 11.2. The van der Waals surface area contributed by atoms with Gasteiger partial charge in [0.2, 0.25) is 0 Å². The van der Waals surface area contributed by atoms with Crippen molar-refractivity contribution in [2.75, 3.05) is 12.9 Å². The van der Waals surface area contributed by atoms with Crippen molar-refractivity contribution in [3.8, 4) is 5.75 Å². The molecule has 140 valence electrons. The highest BCUT2D eigenvalue weighted by Gasteiger charge is 2.57. The lowest BCUT2D eigenvalue weighted by molar-refractivity contribution is -0.158. The second-order valence-corrected chi connectivity index (χ2v) is 10.4. The third kappa shape index (κ3) is 3.60. The molecule has 0 heterocycles. The highest BCUT2D eigenvalue weighted by molar-refractivity contribution is 7.99. The van der Waals surface area contributed by atoms with E-state index in [1.807, 2.05) is 17.8 Å². The molecule has 0 aliphatic heterocycles. The summed E-state index contributed by atoms with van der Waals surface area (Å²) in [6.45, 7) is 9.43. The largest absolute Gasteiger partial charge is 0.497 e. The standard InChI is InChI=1S/C22H34O2S/c1-20(2)11-7-12-21(3)18(20)10-13-22(4,23)19(21)15-25-17-9-6-8-16(14-17)24-5/h6,8-9,14,18-19,23H,7,10-13,15H2,1-5H3/t18?,19-,21+,22-/m1/s1. The molecular formula is C22H34O2S. The van der Waals surface area contributed by atoms with Gasteiger partial charge in [0.25, 0.3) is 0 Å². The molecule has 1 aromatic carbocycles. The lowest BCUT2D eigenvalue weighted by atomic mass is 9.46. The maximum Gasteiger partial charge on any atom is 0.119 e. The number of hydrogen-bond donors (Lipinski definition) is 1. The van der Waals surface area contributed by atoms with Gasteiger partial charge in [-0.05, 0) is 67.6 Å². The molecule has 0 radical (unpaired) electrons. The van der Waals surface area contributed by atoms with Gasteiger partial charge in [0, 0.05) is 16.6 Å². The van der Waals surface area contributed by atoms with E-state index >= 15 is 0 Å². The average Bonchev–Trinajstić information content (AvgIpc) is 2.53. The first kappa shape index (κ1) is 19.1. The third-order valence-corrected chi connectivity index (χ3v) is 8.31. The van der Waals surface area contributed by atoms with Crippen molar-refractivity contribution >= 4 is 11.8 Å². The van der Waals surface area contributed by atoms with Crippen LogP contribution in [0.1, 0.15) is 59.8 Å². The summed E-state index contributed by atoms with van der Waals surface area (Å²) in [6, 6.07) is 8.29. The van der Waals surface area contributed by atoms with E-state index in [0.717, 1.165) is 24.3 Å². The minimum Gasteiger partial charge on any atom is -0.497 e. The number of rotatable bonds is 4. The topological polar surface area (TPSA) is 29.5 Å². The van der Waals surface area contributed by atoms with Gasteiger partial charge in [0.05, 0.1) is 12.7 Å². The van der Waals surface area contributed by atoms with Gasteiger partial charge in [-0.25, -0.2) is 0 Å². The molecule has 1 aromatic rings. The van der Waals surface area contributed by atoms with Gasteiger partial charge in [-0.1, -0.05) is 33.3 Å². The minimum atomic E-state index is -0.565. The van der Waals surface area contributed by atoms with Gasteiger partial charge in [-0.3, -0.25) is 0 Å². The van der Waals surface area contributed by atoms with Crippen molar-refractivity contribution in [2.24, 2.45) is 22.7 Å². The third-order valence-electron chi connectivity index (χ3n) is 7.22. The Morgan fingerprint density at radius 3 is 2.64 bits per heavy atom. The van der Waals surface area contributed by atoms with Gasteiger partial charge >= 0.3 is 0 Å². The summed E-state index contributed by atoms with van der Waals surface area (Å²) >= 11 is 1.87. The van der Waals surface area contributed by atoms with Crippen LogP contribution in [0.3, 0.4) is 0 Å². The Bertz CT molecular complexity index is 610. The number of fused-ring (bicyclic) bond motifs is 1. The van der Waals surface area contributed by atoms with Crippen LogP contribution in [0.15, 0.2) is 29.2 Å². The molecule has 3 heteroatoms. The second kappa shape index (κ2) is 6.81. The lowest BCUT2D eigenvalue weighted by Gasteiger charge is -2.61. The Hall–Kier alpha value is -0.670. The van der Waals surface area contributed by atoms with E-state index in [9.17, 15) is 5.11 Å². The summed E-state index contributed by atoms with van der Waals surface area (Å²) in [7, 11) is 1.71. The first-order chi connectivity index (χ1) is 11.7. The SMILES string of the molecule is COc1cccc(SC[C@@H]2[C@@]3(C)CCCC(C)(C)C3CC[C@@]2(C)O)c1. The Morgan fingerprint density at radius 1 is 1.16 bits per heavy atom. The fourth-order valence-electron chi connectivity index (χ4n) is 5.87. The summed E-state index contributed by atoms with van der Waals surface area (Å²) in [5, 5.41) is 11.2. The molecule has 2 aliphatic carbocycles.